The van der Waals surface area contributed by atoms with Crippen LogP contribution >= 0.6 is 11.3 Å². The second-order valence-corrected chi connectivity index (χ2v) is 8.47. The number of rotatable bonds is 6. The van der Waals surface area contributed by atoms with Crippen LogP contribution in [0.1, 0.15) is 38.3 Å². The molecule has 1 N–H and O–H groups in total. The lowest BCUT2D eigenvalue weighted by molar-refractivity contribution is -0.124. The fraction of sp³-hybridized carbons (Fsp3) is 0.250. The first-order valence-electron chi connectivity index (χ1n) is 10.0. The Balaban J connectivity index is 1.76. The maximum atomic E-state index is 13.5. The molecule has 0 saturated heterocycles. The molecule has 0 spiro atoms. The summed E-state index contributed by atoms with van der Waals surface area (Å²) in [6.45, 7) is 0.243. The molecule has 2 atom stereocenters. The molecule has 2 heterocycles. The Morgan fingerprint density at radius 2 is 1.81 bits per heavy atom. The number of amides is 2. The van der Waals surface area contributed by atoms with Gasteiger partial charge in [0.05, 0.1) is 26.2 Å². The number of hydrogen-bond acceptors (Lipinski definition) is 5. The number of nitrogens with zero attached hydrogens (tertiary/aromatic N) is 1. The van der Waals surface area contributed by atoms with Gasteiger partial charge in [-0.3, -0.25) is 9.59 Å². The van der Waals surface area contributed by atoms with Gasteiger partial charge in [0.2, 0.25) is 5.91 Å². The van der Waals surface area contributed by atoms with E-state index in [9.17, 15) is 14.0 Å². The Morgan fingerprint density at radius 1 is 1.12 bits per heavy atom. The fourth-order valence-corrected chi connectivity index (χ4v) is 4.95. The largest absolute Gasteiger partial charge is 0.493 e. The maximum absolute atomic E-state index is 13.5. The quantitative estimate of drug-likeness (QED) is 0.608. The summed E-state index contributed by atoms with van der Waals surface area (Å²) >= 11 is 1.49. The molecule has 166 valence electrons. The van der Waals surface area contributed by atoms with Gasteiger partial charge in [-0.2, -0.15) is 0 Å². The van der Waals surface area contributed by atoms with E-state index in [1.807, 2.05) is 17.5 Å². The topological polar surface area (TPSA) is 67.9 Å². The number of methoxy groups -OCH3 is 2. The standard InChI is InChI=1S/C24H23FN2O4S/c1-27-22(20-5-4-10-32-20)21(23(28)26-13-14-6-8-15(25)9-7-14)16-11-18(30-2)19(31-3)12-17(16)24(27)29/h4-12,21-22H,13H2,1-3H3,(H,26,28)/t21-,22+/m1/s1. The van der Waals surface area contributed by atoms with Crippen LogP contribution in [-0.4, -0.2) is 38.0 Å². The average Bonchev–Trinajstić information content (AvgIpc) is 3.34. The lowest BCUT2D eigenvalue weighted by Gasteiger charge is -2.39. The second kappa shape index (κ2) is 9.00. The summed E-state index contributed by atoms with van der Waals surface area (Å²) in [6.07, 6.45) is 0. The van der Waals surface area contributed by atoms with Crippen LogP contribution < -0.4 is 14.8 Å². The summed E-state index contributed by atoms with van der Waals surface area (Å²) in [7, 11) is 4.72. The minimum atomic E-state index is -0.661. The summed E-state index contributed by atoms with van der Waals surface area (Å²) in [4.78, 5) is 29.3. The normalized spacial score (nSPS) is 17.6. The Bertz CT molecular complexity index is 1130. The summed E-state index contributed by atoms with van der Waals surface area (Å²) < 4.78 is 24.0. The van der Waals surface area contributed by atoms with Crippen molar-refractivity contribution in [2.75, 3.05) is 21.3 Å². The number of fused-ring (bicyclic) bond motifs is 1. The van der Waals surface area contributed by atoms with Crippen molar-refractivity contribution in [1.29, 1.82) is 0 Å². The molecule has 1 aliphatic heterocycles. The van der Waals surface area contributed by atoms with Crippen molar-refractivity contribution in [3.63, 3.8) is 0 Å². The lowest BCUT2D eigenvalue weighted by Crippen LogP contribution is -2.45. The third-order valence-corrected chi connectivity index (χ3v) is 6.61. The number of likely N-dealkylation sites (N-methyl/N-ethyl adjacent to an activating group) is 1. The first-order chi connectivity index (χ1) is 15.4. The van der Waals surface area contributed by atoms with Gasteiger partial charge in [0.15, 0.2) is 11.5 Å². The zero-order valence-corrected chi connectivity index (χ0v) is 18.7. The molecule has 6 nitrogen and oxygen atoms in total. The predicted octanol–water partition coefficient (Wildman–Crippen LogP) is 4.13. The van der Waals surface area contributed by atoms with Crippen LogP contribution in [0.5, 0.6) is 11.5 Å². The molecule has 1 aromatic heterocycles. The zero-order valence-electron chi connectivity index (χ0n) is 17.9. The SMILES string of the molecule is COc1cc2c(cc1OC)[C@@H](C(=O)NCc1ccc(F)cc1)[C@H](c1cccs1)N(C)C2=O. The summed E-state index contributed by atoms with van der Waals surface area (Å²) in [5.74, 6) is -0.549. The molecule has 8 heteroatoms. The first-order valence-corrected chi connectivity index (χ1v) is 10.9. The predicted molar refractivity (Wildman–Crippen MR) is 120 cm³/mol. The monoisotopic (exact) mass is 454 g/mol. The van der Waals surface area contributed by atoms with Crippen molar-refractivity contribution < 1.29 is 23.5 Å². The molecule has 0 fully saturated rings. The minimum Gasteiger partial charge on any atom is -0.493 e. The van der Waals surface area contributed by atoms with E-state index in [1.54, 1.807) is 36.2 Å². The van der Waals surface area contributed by atoms with Crippen LogP contribution in [0.4, 0.5) is 4.39 Å². The molecule has 0 saturated carbocycles. The Hall–Kier alpha value is -3.39. The van der Waals surface area contributed by atoms with Crippen molar-refractivity contribution in [3.05, 3.63) is 81.3 Å². The van der Waals surface area contributed by atoms with E-state index >= 15 is 0 Å². The maximum Gasteiger partial charge on any atom is 0.254 e. The zero-order chi connectivity index (χ0) is 22.8. The van der Waals surface area contributed by atoms with Gasteiger partial charge in [0, 0.05) is 24.0 Å². The van der Waals surface area contributed by atoms with Gasteiger partial charge in [-0.15, -0.1) is 11.3 Å². The molecule has 0 unspecified atom stereocenters. The van der Waals surface area contributed by atoms with Gasteiger partial charge in [0.1, 0.15) is 5.82 Å². The lowest BCUT2D eigenvalue weighted by atomic mass is 9.81. The van der Waals surface area contributed by atoms with Gasteiger partial charge >= 0.3 is 0 Å². The Morgan fingerprint density at radius 3 is 2.44 bits per heavy atom. The highest BCUT2D eigenvalue weighted by molar-refractivity contribution is 7.10. The number of benzene rings is 2. The molecule has 3 aromatic rings. The molecule has 32 heavy (non-hydrogen) atoms. The van der Waals surface area contributed by atoms with Crippen LogP contribution in [0.25, 0.3) is 0 Å². The van der Waals surface area contributed by atoms with Crippen LogP contribution in [0.15, 0.2) is 53.9 Å². The third-order valence-electron chi connectivity index (χ3n) is 5.67. The number of nitrogens with one attached hydrogen (secondary N) is 1. The van der Waals surface area contributed by atoms with Gasteiger partial charge in [-0.25, -0.2) is 4.39 Å². The third kappa shape index (κ3) is 3.93. The molecule has 0 aliphatic carbocycles. The summed E-state index contributed by atoms with van der Waals surface area (Å²) in [6, 6.07) is 12.7. The molecule has 2 amide bonds. The first kappa shape index (κ1) is 21.8. The van der Waals surface area contributed by atoms with Gasteiger partial charge in [-0.05, 0) is 46.8 Å². The molecule has 2 aromatic carbocycles. The van der Waals surface area contributed by atoms with Crippen molar-refractivity contribution in [3.8, 4) is 11.5 Å². The van der Waals surface area contributed by atoms with Crippen LogP contribution in [0.3, 0.4) is 0 Å². The molecular weight excluding hydrogens is 431 g/mol. The molecule has 0 radical (unpaired) electrons. The molecule has 0 bridgehead atoms. The van der Waals surface area contributed by atoms with Crippen molar-refractivity contribution in [2.45, 2.75) is 18.5 Å². The van der Waals surface area contributed by atoms with E-state index in [1.165, 1.54) is 37.7 Å². The molecular formula is C24H23FN2O4S. The minimum absolute atomic E-state index is 0.193. The van der Waals surface area contributed by atoms with Crippen LogP contribution in [-0.2, 0) is 11.3 Å². The number of hydrogen-bond donors (Lipinski definition) is 1. The van der Waals surface area contributed by atoms with E-state index in [4.69, 9.17) is 9.47 Å². The second-order valence-electron chi connectivity index (χ2n) is 7.49. The van der Waals surface area contributed by atoms with Gasteiger partial charge in [0.25, 0.3) is 5.91 Å². The highest BCUT2D eigenvalue weighted by Crippen LogP contribution is 2.46. The van der Waals surface area contributed by atoms with E-state index in [0.717, 1.165) is 10.4 Å². The van der Waals surface area contributed by atoms with Crippen molar-refractivity contribution >= 4 is 23.2 Å². The highest BCUT2D eigenvalue weighted by atomic mass is 32.1. The number of carbonyl (C=O) groups is 2. The summed E-state index contributed by atoms with van der Waals surface area (Å²) in [5, 5.41) is 4.88. The highest BCUT2D eigenvalue weighted by Gasteiger charge is 2.44. The van der Waals surface area contributed by atoms with Gasteiger partial charge in [-0.1, -0.05) is 18.2 Å². The van der Waals surface area contributed by atoms with Crippen LogP contribution in [0.2, 0.25) is 0 Å². The Labute approximate surface area is 189 Å². The van der Waals surface area contributed by atoms with Crippen LogP contribution in [0, 0.1) is 5.82 Å². The molecule has 4 rings (SSSR count). The smallest absolute Gasteiger partial charge is 0.254 e. The van der Waals surface area contributed by atoms with Crippen molar-refractivity contribution in [1.82, 2.24) is 10.2 Å². The van der Waals surface area contributed by atoms with E-state index in [0.29, 0.717) is 22.6 Å². The number of halogens is 1. The fourth-order valence-electron chi connectivity index (χ4n) is 4.05. The van der Waals surface area contributed by atoms with E-state index in [-0.39, 0.29) is 24.2 Å². The van der Waals surface area contributed by atoms with E-state index < -0.39 is 12.0 Å². The van der Waals surface area contributed by atoms with Gasteiger partial charge < -0.3 is 19.7 Å². The number of ether oxygens (including phenoxy) is 2. The molecule has 1 aliphatic rings. The summed E-state index contributed by atoms with van der Waals surface area (Å²) in [5.41, 5.74) is 1.76. The average molecular weight is 455 g/mol. The number of thiophene rings is 1. The number of carbonyl (C=O) groups excluding carboxylic acids is 2. The van der Waals surface area contributed by atoms with E-state index in [2.05, 4.69) is 5.32 Å². The van der Waals surface area contributed by atoms with Crippen molar-refractivity contribution in [2.24, 2.45) is 0 Å². The Kier molecular flexibility index (Phi) is 6.14.